The number of hydrogen-bond donors (Lipinski definition) is 2. The van der Waals surface area contributed by atoms with E-state index in [1.807, 2.05) is 13.8 Å². The molecule has 0 saturated heterocycles. The smallest absolute Gasteiger partial charge is 0.371 e. The second-order valence-corrected chi connectivity index (χ2v) is 6.00. The number of furan rings is 1. The van der Waals surface area contributed by atoms with E-state index >= 15 is 0 Å². The number of amides is 1. The zero-order chi connectivity index (χ0) is 21.0. The van der Waals surface area contributed by atoms with Crippen LogP contribution in [0.15, 0.2) is 51.9 Å². The molecule has 0 aliphatic rings. The fourth-order valence-corrected chi connectivity index (χ4v) is 2.73. The van der Waals surface area contributed by atoms with Crippen molar-refractivity contribution in [3.63, 3.8) is 0 Å². The molecule has 1 heterocycles. The number of aromatic carboxylic acids is 1. The van der Waals surface area contributed by atoms with Gasteiger partial charge < -0.3 is 24.7 Å². The van der Waals surface area contributed by atoms with Gasteiger partial charge in [0.05, 0.1) is 13.2 Å². The van der Waals surface area contributed by atoms with E-state index in [-0.39, 0.29) is 11.6 Å². The van der Waals surface area contributed by atoms with Crippen molar-refractivity contribution < 1.29 is 28.6 Å². The first-order chi connectivity index (χ1) is 13.9. The zero-order valence-electron chi connectivity index (χ0n) is 16.0. The van der Waals surface area contributed by atoms with E-state index in [1.165, 1.54) is 6.07 Å². The maximum atomic E-state index is 12.6. The quantitative estimate of drug-likeness (QED) is 0.463. The molecule has 3 rings (SSSR count). The minimum Gasteiger partial charge on any atom is -0.490 e. The van der Waals surface area contributed by atoms with Crippen LogP contribution >= 0.6 is 0 Å². The van der Waals surface area contributed by atoms with Crippen LogP contribution < -0.4 is 15.2 Å². The summed E-state index contributed by atoms with van der Waals surface area (Å²) >= 11 is 0. The minimum absolute atomic E-state index is 0.00168. The largest absolute Gasteiger partial charge is 0.490 e. The first-order valence-corrected chi connectivity index (χ1v) is 8.98. The van der Waals surface area contributed by atoms with Gasteiger partial charge in [-0.25, -0.2) is 4.79 Å². The highest BCUT2D eigenvalue weighted by atomic mass is 16.5. The van der Waals surface area contributed by atoms with Crippen molar-refractivity contribution in [3.8, 4) is 11.5 Å². The van der Waals surface area contributed by atoms with Gasteiger partial charge in [0.2, 0.25) is 5.76 Å². The number of carboxylic acids is 1. The van der Waals surface area contributed by atoms with Crippen LogP contribution in [0.1, 0.15) is 40.3 Å². The lowest BCUT2D eigenvalue weighted by Crippen LogP contribution is -2.16. The summed E-state index contributed by atoms with van der Waals surface area (Å²) in [5, 5.41) is 9.56. The summed E-state index contributed by atoms with van der Waals surface area (Å²) in [6, 6.07) is 11.0. The number of carbonyl (C=O) groups is 2. The molecule has 0 unspecified atom stereocenters. The number of fused-ring (bicyclic) bond motifs is 1. The van der Waals surface area contributed by atoms with E-state index in [1.54, 1.807) is 36.4 Å². The molecule has 2 aromatic carbocycles. The topological polar surface area (TPSA) is 124 Å². The number of nitrogens with two attached hydrogens (primary N) is 1. The van der Waals surface area contributed by atoms with Crippen LogP contribution in [0.2, 0.25) is 0 Å². The monoisotopic (exact) mass is 396 g/mol. The highest BCUT2D eigenvalue weighted by Crippen LogP contribution is 2.29. The summed E-state index contributed by atoms with van der Waals surface area (Å²) in [6.07, 6.45) is 0. The number of ether oxygens (including phenoxy) is 2. The average Bonchev–Trinajstić information content (AvgIpc) is 3.13. The summed E-state index contributed by atoms with van der Waals surface area (Å²) in [4.78, 5) is 27.5. The fraction of sp³-hybridized carbons (Fsp3) is 0.190. The fourth-order valence-electron chi connectivity index (χ4n) is 2.73. The summed E-state index contributed by atoms with van der Waals surface area (Å²) in [7, 11) is 0. The van der Waals surface area contributed by atoms with E-state index < -0.39 is 11.9 Å². The molecule has 0 fully saturated rings. The highest BCUT2D eigenvalue weighted by Gasteiger charge is 2.14. The summed E-state index contributed by atoms with van der Waals surface area (Å²) < 4.78 is 16.2. The van der Waals surface area contributed by atoms with Gasteiger partial charge in [-0.05, 0) is 56.3 Å². The Hall–Kier alpha value is -3.81. The first-order valence-electron chi connectivity index (χ1n) is 8.98. The lowest BCUT2D eigenvalue weighted by Gasteiger charge is -2.11. The molecule has 0 radical (unpaired) electrons. The molecule has 0 spiro atoms. The number of rotatable bonds is 7. The van der Waals surface area contributed by atoms with Crippen molar-refractivity contribution in [1.29, 1.82) is 0 Å². The maximum absolute atomic E-state index is 12.6. The van der Waals surface area contributed by atoms with E-state index in [2.05, 4.69) is 4.99 Å². The Bertz CT molecular complexity index is 1100. The molecule has 3 N–H and O–H groups in total. The van der Waals surface area contributed by atoms with Crippen LogP contribution in [0.4, 0.5) is 0 Å². The van der Waals surface area contributed by atoms with Gasteiger partial charge in [0.1, 0.15) is 11.4 Å². The molecule has 0 bridgehead atoms. The third-order valence-electron chi connectivity index (χ3n) is 4.04. The van der Waals surface area contributed by atoms with Gasteiger partial charge in [-0.1, -0.05) is 0 Å². The van der Waals surface area contributed by atoms with E-state index in [0.717, 1.165) is 0 Å². The third-order valence-corrected chi connectivity index (χ3v) is 4.04. The van der Waals surface area contributed by atoms with Gasteiger partial charge in [-0.15, -0.1) is 0 Å². The minimum atomic E-state index is -1.17. The maximum Gasteiger partial charge on any atom is 0.371 e. The van der Waals surface area contributed by atoms with Crippen LogP contribution in [0.5, 0.6) is 11.5 Å². The van der Waals surface area contributed by atoms with Gasteiger partial charge in [-0.2, -0.15) is 4.99 Å². The summed E-state index contributed by atoms with van der Waals surface area (Å²) in [5.74, 6) is -0.883. The molecule has 0 aliphatic carbocycles. The number of nitrogens with zero attached hydrogens (tertiary/aromatic N) is 1. The number of amidine groups is 1. The van der Waals surface area contributed by atoms with Crippen LogP contribution in [-0.2, 0) is 0 Å². The van der Waals surface area contributed by atoms with Crippen molar-refractivity contribution in [1.82, 2.24) is 0 Å². The molecular weight excluding hydrogens is 376 g/mol. The molecule has 8 nitrogen and oxygen atoms in total. The predicted octanol–water partition coefficient (Wildman–Crippen LogP) is 3.47. The Morgan fingerprint density at radius 3 is 2.38 bits per heavy atom. The molecule has 0 saturated carbocycles. The molecule has 1 aromatic heterocycles. The summed E-state index contributed by atoms with van der Waals surface area (Å²) in [6.45, 7) is 4.59. The standard InChI is InChI=1S/C21H20N2O6/c1-3-27-16-8-6-13(10-17(16)28-4-2)20(24)23-19(22)12-5-7-15-14(9-12)11-18(29-15)21(25)26/h5-11H,3-4H2,1-2H3,(H,25,26)(H2,22,23,24). The average molecular weight is 396 g/mol. The Kier molecular flexibility index (Phi) is 5.82. The number of hydrogen-bond acceptors (Lipinski definition) is 5. The molecular formula is C21H20N2O6. The Morgan fingerprint density at radius 1 is 1.00 bits per heavy atom. The van der Waals surface area contributed by atoms with Crippen LogP contribution in [0.25, 0.3) is 11.0 Å². The van der Waals surface area contributed by atoms with Crippen LogP contribution in [-0.4, -0.2) is 36.0 Å². The Balaban J connectivity index is 1.89. The second kappa shape index (κ2) is 8.47. The van der Waals surface area contributed by atoms with Crippen molar-refractivity contribution >= 4 is 28.7 Å². The van der Waals surface area contributed by atoms with Crippen molar-refractivity contribution in [2.24, 2.45) is 10.7 Å². The Morgan fingerprint density at radius 2 is 1.69 bits per heavy atom. The molecule has 8 heteroatoms. The molecule has 29 heavy (non-hydrogen) atoms. The van der Waals surface area contributed by atoms with E-state index in [4.69, 9.17) is 24.7 Å². The van der Waals surface area contributed by atoms with E-state index in [0.29, 0.717) is 46.8 Å². The number of benzene rings is 2. The molecule has 1 amide bonds. The van der Waals surface area contributed by atoms with Gasteiger partial charge in [0, 0.05) is 16.5 Å². The summed E-state index contributed by atoms with van der Waals surface area (Å²) in [5.41, 5.74) is 7.17. The van der Waals surface area contributed by atoms with Gasteiger partial charge >= 0.3 is 5.97 Å². The lowest BCUT2D eigenvalue weighted by atomic mass is 10.1. The third kappa shape index (κ3) is 4.37. The Labute approximate surface area is 166 Å². The van der Waals surface area contributed by atoms with Crippen LogP contribution in [0, 0.1) is 0 Å². The molecule has 3 aromatic rings. The molecule has 0 aliphatic heterocycles. The van der Waals surface area contributed by atoms with Crippen LogP contribution in [0.3, 0.4) is 0 Å². The second-order valence-electron chi connectivity index (χ2n) is 6.00. The van der Waals surface area contributed by atoms with Gasteiger partial charge in [-0.3, -0.25) is 4.79 Å². The van der Waals surface area contributed by atoms with Crippen molar-refractivity contribution in [2.45, 2.75) is 13.8 Å². The van der Waals surface area contributed by atoms with E-state index in [9.17, 15) is 9.59 Å². The van der Waals surface area contributed by atoms with Crippen molar-refractivity contribution in [3.05, 3.63) is 59.4 Å². The predicted molar refractivity (Wildman–Crippen MR) is 107 cm³/mol. The van der Waals surface area contributed by atoms with Crippen molar-refractivity contribution in [2.75, 3.05) is 13.2 Å². The number of carbonyl (C=O) groups excluding carboxylic acids is 1. The highest BCUT2D eigenvalue weighted by molar-refractivity contribution is 6.10. The normalized spacial score (nSPS) is 11.4. The lowest BCUT2D eigenvalue weighted by molar-refractivity contribution is 0.0664. The first kappa shape index (κ1) is 19.9. The zero-order valence-corrected chi connectivity index (χ0v) is 16.0. The SMILES string of the molecule is CCOc1ccc(C(=O)N=C(N)c2ccc3oc(C(=O)O)cc3c2)cc1OCC. The molecule has 150 valence electrons. The van der Waals surface area contributed by atoms with Gasteiger partial charge in [0.15, 0.2) is 11.5 Å². The number of aliphatic imine (C=N–C) groups is 1. The van der Waals surface area contributed by atoms with Gasteiger partial charge in [0.25, 0.3) is 5.91 Å². The number of carboxylic acid groups (broad SMARTS) is 1. The molecule has 0 atom stereocenters.